The summed E-state index contributed by atoms with van der Waals surface area (Å²) in [5.41, 5.74) is 2.03. The van der Waals surface area contributed by atoms with E-state index in [1.54, 1.807) is 6.07 Å². The minimum absolute atomic E-state index is 0.0625. The summed E-state index contributed by atoms with van der Waals surface area (Å²) in [6.07, 6.45) is 0.837. The van der Waals surface area contributed by atoms with E-state index in [1.807, 2.05) is 25.1 Å². The van der Waals surface area contributed by atoms with Gasteiger partial charge in [0, 0.05) is 12.1 Å². The third-order valence-corrected chi connectivity index (χ3v) is 3.09. The van der Waals surface area contributed by atoms with E-state index in [2.05, 4.69) is 0 Å². The first-order valence-corrected chi connectivity index (χ1v) is 6.14. The van der Waals surface area contributed by atoms with E-state index < -0.39 is 10.9 Å². The van der Waals surface area contributed by atoms with Crippen LogP contribution in [0.4, 0.5) is 5.69 Å². The Kier molecular flexibility index (Phi) is 3.79. The van der Waals surface area contributed by atoms with Crippen molar-refractivity contribution in [1.82, 2.24) is 0 Å². The van der Waals surface area contributed by atoms with Gasteiger partial charge in [0.1, 0.15) is 0 Å². The Labute approximate surface area is 115 Å². The SMILES string of the molecule is CCc1cccc(-c2ccc([N+](=O)[O-])cc2C(=O)O)c1. The summed E-state index contributed by atoms with van der Waals surface area (Å²) in [4.78, 5) is 21.4. The van der Waals surface area contributed by atoms with Crippen LogP contribution < -0.4 is 0 Å². The van der Waals surface area contributed by atoms with Gasteiger partial charge in [-0.2, -0.15) is 0 Å². The van der Waals surface area contributed by atoms with Crippen molar-refractivity contribution in [1.29, 1.82) is 0 Å². The van der Waals surface area contributed by atoms with Gasteiger partial charge < -0.3 is 5.11 Å². The third kappa shape index (κ3) is 2.66. The van der Waals surface area contributed by atoms with Crippen molar-refractivity contribution >= 4 is 11.7 Å². The molecule has 5 nitrogen and oxygen atoms in total. The molecule has 0 spiro atoms. The van der Waals surface area contributed by atoms with Gasteiger partial charge in [-0.15, -0.1) is 0 Å². The number of non-ortho nitro benzene ring substituents is 1. The summed E-state index contributed by atoms with van der Waals surface area (Å²) in [7, 11) is 0. The van der Waals surface area contributed by atoms with Crippen LogP contribution in [0.2, 0.25) is 0 Å². The first-order chi connectivity index (χ1) is 9.52. The van der Waals surface area contributed by atoms with Crippen LogP contribution in [0.5, 0.6) is 0 Å². The van der Waals surface area contributed by atoms with E-state index >= 15 is 0 Å². The van der Waals surface area contributed by atoms with E-state index in [0.717, 1.165) is 23.6 Å². The fourth-order valence-corrected chi connectivity index (χ4v) is 2.03. The van der Waals surface area contributed by atoms with Gasteiger partial charge in [-0.1, -0.05) is 31.2 Å². The molecule has 0 heterocycles. The van der Waals surface area contributed by atoms with E-state index in [1.165, 1.54) is 12.1 Å². The molecular formula is C15H13NO4. The summed E-state index contributed by atoms with van der Waals surface area (Å²) < 4.78 is 0. The van der Waals surface area contributed by atoms with E-state index in [9.17, 15) is 20.0 Å². The van der Waals surface area contributed by atoms with Crippen LogP contribution >= 0.6 is 0 Å². The lowest BCUT2D eigenvalue weighted by atomic mass is 9.97. The number of carboxylic acids is 1. The van der Waals surface area contributed by atoms with Crippen LogP contribution in [0.3, 0.4) is 0 Å². The van der Waals surface area contributed by atoms with Crippen LogP contribution in [-0.2, 0) is 6.42 Å². The topological polar surface area (TPSA) is 80.4 Å². The average molecular weight is 271 g/mol. The quantitative estimate of drug-likeness (QED) is 0.681. The average Bonchev–Trinajstić information content (AvgIpc) is 2.46. The predicted octanol–water partition coefficient (Wildman–Crippen LogP) is 3.52. The number of aryl methyl sites for hydroxylation is 1. The molecule has 0 aliphatic heterocycles. The van der Waals surface area contributed by atoms with Gasteiger partial charge >= 0.3 is 5.97 Å². The number of hydrogen-bond acceptors (Lipinski definition) is 3. The van der Waals surface area contributed by atoms with Crippen molar-refractivity contribution in [3.8, 4) is 11.1 Å². The number of carboxylic acid groups (broad SMARTS) is 1. The Balaban J connectivity index is 2.60. The van der Waals surface area contributed by atoms with Crippen molar-refractivity contribution in [2.24, 2.45) is 0 Å². The monoisotopic (exact) mass is 271 g/mol. The number of nitro groups is 1. The molecule has 5 heteroatoms. The summed E-state index contributed by atoms with van der Waals surface area (Å²) >= 11 is 0. The molecule has 1 N–H and O–H groups in total. The molecule has 0 aliphatic rings. The summed E-state index contributed by atoms with van der Waals surface area (Å²) in [6.45, 7) is 2.01. The Morgan fingerprint density at radius 1 is 1.25 bits per heavy atom. The fourth-order valence-electron chi connectivity index (χ4n) is 2.03. The molecule has 0 unspecified atom stereocenters. The van der Waals surface area contributed by atoms with Gasteiger partial charge in [0.15, 0.2) is 0 Å². The van der Waals surface area contributed by atoms with E-state index in [4.69, 9.17) is 0 Å². The van der Waals surface area contributed by atoms with Crippen LogP contribution in [0, 0.1) is 10.1 Å². The maximum absolute atomic E-state index is 11.3. The molecule has 0 atom stereocenters. The highest BCUT2D eigenvalue weighted by Crippen LogP contribution is 2.28. The molecule has 0 amide bonds. The molecule has 0 fully saturated rings. The van der Waals surface area contributed by atoms with Crippen LogP contribution in [0.1, 0.15) is 22.8 Å². The van der Waals surface area contributed by atoms with Crippen molar-refractivity contribution in [2.75, 3.05) is 0 Å². The molecule has 2 aromatic rings. The first-order valence-electron chi connectivity index (χ1n) is 6.14. The van der Waals surface area contributed by atoms with E-state index in [0.29, 0.717) is 5.56 Å². The van der Waals surface area contributed by atoms with Gasteiger partial charge in [0.25, 0.3) is 5.69 Å². The highest BCUT2D eigenvalue weighted by molar-refractivity contribution is 5.96. The largest absolute Gasteiger partial charge is 0.478 e. The molecule has 0 aromatic heterocycles. The lowest BCUT2D eigenvalue weighted by molar-refractivity contribution is -0.384. The summed E-state index contributed by atoms with van der Waals surface area (Å²) in [5.74, 6) is -1.18. The molecule has 0 saturated heterocycles. The van der Waals surface area contributed by atoms with E-state index in [-0.39, 0.29) is 11.3 Å². The number of carbonyl (C=O) groups is 1. The second kappa shape index (κ2) is 5.52. The smallest absolute Gasteiger partial charge is 0.336 e. The standard InChI is InChI=1S/C15H13NO4/c1-2-10-4-3-5-11(8-10)13-7-6-12(16(19)20)9-14(13)15(17)18/h3-9H,2H2,1H3,(H,17,18). The van der Waals surface area contributed by atoms with Crippen LogP contribution in [0.15, 0.2) is 42.5 Å². The lowest BCUT2D eigenvalue weighted by Gasteiger charge is -2.08. The van der Waals surface area contributed by atoms with Crippen molar-refractivity contribution in [3.05, 3.63) is 63.7 Å². The summed E-state index contributed by atoms with van der Waals surface area (Å²) in [5, 5.41) is 20.0. The maximum Gasteiger partial charge on any atom is 0.336 e. The number of nitro benzene ring substituents is 1. The predicted molar refractivity (Wildman–Crippen MR) is 74.9 cm³/mol. The number of rotatable bonds is 4. The van der Waals surface area contributed by atoms with Gasteiger partial charge in [-0.25, -0.2) is 4.79 Å². The molecule has 0 radical (unpaired) electrons. The highest BCUT2D eigenvalue weighted by atomic mass is 16.6. The highest BCUT2D eigenvalue weighted by Gasteiger charge is 2.17. The lowest BCUT2D eigenvalue weighted by Crippen LogP contribution is -2.01. The molecule has 0 aliphatic carbocycles. The summed E-state index contributed by atoms with van der Waals surface area (Å²) in [6, 6.07) is 11.4. The number of benzene rings is 2. The van der Waals surface area contributed by atoms with Crippen molar-refractivity contribution in [2.45, 2.75) is 13.3 Å². The normalized spacial score (nSPS) is 10.2. The number of hydrogen-bond donors (Lipinski definition) is 1. The Morgan fingerprint density at radius 3 is 2.60 bits per heavy atom. The molecule has 0 bridgehead atoms. The molecule has 0 saturated carbocycles. The van der Waals surface area contributed by atoms with Crippen molar-refractivity contribution < 1.29 is 14.8 Å². The van der Waals surface area contributed by atoms with Gasteiger partial charge in [0.05, 0.1) is 10.5 Å². The fraction of sp³-hybridized carbons (Fsp3) is 0.133. The van der Waals surface area contributed by atoms with Crippen LogP contribution in [0.25, 0.3) is 11.1 Å². The zero-order valence-electron chi connectivity index (χ0n) is 10.9. The molecular weight excluding hydrogens is 258 g/mol. The minimum Gasteiger partial charge on any atom is -0.478 e. The maximum atomic E-state index is 11.3. The van der Waals surface area contributed by atoms with Gasteiger partial charge in [0.2, 0.25) is 0 Å². The number of nitrogens with zero attached hydrogens (tertiary/aromatic N) is 1. The zero-order valence-corrected chi connectivity index (χ0v) is 10.9. The Bertz CT molecular complexity index is 679. The van der Waals surface area contributed by atoms with Crippen molar-refractivity contribution in [3.63, 3.8) is 0 Å². The number of aromatic carboxylic acids is 1. The first kappa shape index (κ1) is 13.7. The van der Waals surface area contributed by atoms with Crippen LogP contribution in [-0.4, -0.2) is 16.0 Å². The Morgan fingerprint density at radius 2 is 2.00 bits per heavy atom. The Hall–Kier alpha value is -2.69. The van der Waals surface area contributed by atoms with Gasteiger partial charge in [-0.3, -0.25) is 10.1 Å². The minimum atomic E-state index is -1.18. The second-order valence-corrected chi connectivity index (χ2v) is 4.35. The molecule has 2 rings (SSSR count). The third-order valence-electron chi connectivity index (χ3n) is 3.09. The molecule has 2 aromatic carbocycles. The molecule has 20 heavy (non-hydrogen) atoms. The van der Waals surface area contributed by atoms with Gasteiger partial charge in [-0.05, 0) is 29.2 Å². The zero-order chi connectivity index (χ0) is 14.7. The molecule has 102 valence electrons. The second-order valence-electron chi connectivity index (χ2n) is 4.35.